The van der Waals surface area contributed by atoms with Crippen LogP contribution < -0.4 is 26.1 Å². The number of nitrogens with one attached hydrogen (secondary N) is 2. The fourth-order valence-corrected chi connectivity index (χ4v) is 2.00. The zero-order valence-electron chi connectivity index (χ0n) is 13.4. The van der Waals surface area contributed by atoms with Crippen LogP contribution in [0, 0.1) is 0 Å². The Morgan fingerprint density at radius 2 is 1.75 bits per heavy atom. The van der Waals surface area contributed by atoms with Gasteiger partial charge in [0.15, 0.2) is 6.10 Å². The molecule has 24 heavy (non-hydrogen) atoms. The average Bonchev–Trinajstić information content (AvgIpc) is 2.61. The van der Waals surface area contributed by atoms with Crippen LogP contribution in [0.15, 0.2) is 48.5 Å². The van der Waals surface area contributed by atoms with Crippen LogP contribution in [0.5, 0.6) is 11.5 Å². The standard InChI is InChI=1S/C17H19N3O4/c1-11(16(21)20-18)24-13-9-7-12(8-10-13)17(22)19-14-5-3-4-6-15(14)23-2/h3-11H,18H2,1-2H3,(H,19,22)(H,20,21)/t11-/m1/s1. The number of anilines is 1. The number of para-hydroxylation sites is 2. The molecule has 7 heteroatoms. The smallest absolute Gasteiger partial charge is 0.274 e. The highest BCUT2D eigenvalue weighted by Crippen LogP contribution is 2.24. The summed E-state index contributed by atoms with van der Waals surface area (Å²) in [5, 5.41) is 2.78. The second-order valence-corrected chi connectivity index (χ2v) is 4.95. The van der Waals surface area contributed by atoms with Gasteiger partial charge in [-0.1, -0.05) is 12.1 Å². The predicted octanol–water partition coefficient (Wildman–Crippen LogP) is 1.70. The van der Waals surface area contributed by atoms with Crippen molar-refractivity contribution in [2.45, 2.75) is 13.0 Å². The highest BCUT2D eigenvalue weighted by atomic mass is 16.5. The number of rotatable bonds is 6. The van der Waals surface area contributed by atoms with E-state index < -0.39 is 12.0 Å². The van der Waals surface area contributed by atoms with Gasteiger partial charge in [-0.05, 0) is 43.3 Å². The third-order valence-electron chi connectivity index (χ3n) is 3.30. The quantitative estimate of drug-likeness (QED) is 0.425. The first-order valence-electron chi connectivity index (χ1n) is 7.26. The Morgan fingerprint density at radius 3 is 2.38 bits per heavy atom. The summed E-state index contributed by atoms with van der Waals surface area (Å²) < 4.78 is 10.6. The van der Waals surface area contributed by atoms with Crippen molar-refractivity contribution in [3.05, 3.63) is 54.1 Å². The lowest BCUT2D eigenvalue weighted by Crippen LogP contribution is -2.40. The Labute approximate surface area is 139 Å². The molecule has 0 heterocycles. The van der Waals surface area contributed by atoms with Crippen LogP contribution in [-0.4, -0.2) is 25.0 Å². The van der Waals surface area contributed by atoms with Crippen molar-refractivity contribution in [3.63, 3.8) is 0 Å². The summed E-state index contributed by atoms with van der Waals surface area (Å²) in [5.74, 6) is 5.36. The van der Waals surface area contributed by atoms with E-state index in [0.717, 1.165) is 0 Å². The Kier molecular flexibility index (Phi) is 5.75. The third kappa shape index (κ3) is 4.23. The second-order valence-electron chi connectivity index (χ2n) is 4.95. The van der Waals surface area contributed by atoms with Crippen molar-refractivity contribution < 1.29 is 19.1 Å². The van der Waals surface area contributed by atoms with E-state index >= 15 is 0 Å². The van der Waals surface area contributed by atoms with Crippen molar-refractivity contribution in [2.24, 2.45) is 5.84 Å². The number of carbonyl (C=O) groups is 2. The maximum absolute atomic E-state index is 12.3. The normalized spacial score (nSPS) is 11.3. The number of ether oxygens (including phenoxy) is 2. The van der Waals surface area contributed by atoms with Crippen molar-refractivity contribution in [3.8, 4) is 11.5 Å². The number of nitrogens with two attached hydrogens (primary N) is 1. The molecular formula is C17H19N3O4. The summed E-state index contributed by atoms with van der Waals surface area (Å²) in [6, 6.07) is 13.6. The van der Waals surface area contributed by atoms with Crippen LogP contribution in [0.4, 0.5) is 5.69 Å². The van der Waals surface area contributed by atoms with Gasteiger partial charge in [0.1, 0.15) is 11.5 Å². The van der Waals surface area contributed by atoms with E-state index in [1.807, 2.05) is 11.5 Å². The molecule has 0 saturated heterocycles. The van der Waals surface area contributed by atoms with E-state index in [-0.39, 0.29) is 5.91 Å². The fraction of sp³-hybridized carbons (Fsp3) is 0.176. The number of hydrogen-bond donors (Lipinski definition) is 3. The zero-order valence-corrected chi connectivity index (χ0v) is 13.4. The Balaban J connectivity index is 2.05. The first-order chi connectivity index (χ1) is 11.5. The average molecular weight is 329 g/mol. The molecule has 1 atom stereocenters. The number of carbonyl (C=O) groups excluding carboxylic acids is 2. The van der Waals surface area contributed by atoms with Gasteiger partial charge < -0.3 is 14.8 Å². The molecule has 2 aromatic carbocycles. The molecule has 2 amide bonds. The molecule has 0 fully saturated rings. The van der Waals surface area contributed by atoms with Gasteiger partial charge in [-0.2, -0.15) is 0 Å². The summed E-state index contributed by atoms with van der Waals surface area (Å²) in [6.45, 7) is 1.57. The molecule has 0 spiro atoms. The van der Waals surface area contributed by atoms with Gasteiger partial charge in [-0.15, -0.1) is 0 Å². The minimum atomic E-state index is -0.733. The summed E-state index contributed by atoms with van der Waals surface area (Å²) in [7, 11) is 1.54. The van der Waals surface area contributed by atoms with Crippen LogP contribution in [0.2, 0.25) is 0 Å². The molecule has 2 rings (SSSR count). The molecular weight excluding hydrogens is 310 g/mol. The molecule has 126 valence electrons. The SMILES string of the molecule is COc1ccccc1NC(=O)c1ccc(O[C@H](C)C(=O)NN)cc1. The van der Waals surface area contributed by atoms with Crippen LogP contribution in [0.3, 0.4) is 0 Å². The molecule has 4 N–H and O–H groups in total. The minimum Gasteiger partial charge on any atom is -0.495 e. The largest absolute Gasteiger partial charge is 0.495 e. The van der Waals surface area contributed by atoms with Crippen molar-refractivity contribution >= 4 is 17.5 Å². The minimum absolute atomic E-state index is 0.279. The molecule has 0 aromatic heterocycles. The monoisotopic (exact) mass is 329 g/mol. The lowest BCUT2D eigenvalue weighted by Gasteiger charge is -2.13. The molecule has 0 aliphatic carbocycles. The predicted molar refractivity (Wildman–Crippen MR) is 89.8 cm³/mol. The first kappa shape index (κ1) is 17.3. The molecule has 2 aromatic rings. The van der Waals surface area contributed by atoms with E-state index in [2.05, 4.69) is 5.32 Å². The number of amides is 2. The molecule has 0 saturated carbocycles. The molecule has 0 radical (unpaired) electrons. The third-order valence-corrected chi connectivity index (χ3v) is 3.30. The van der Waals surface area contributed by atoms with Gasteiger partial charge >= 0.3 is 0 Å². The zero-order chi connectivity index (χ0) is 17.5. The maximum atomic E-state index is 12.3. The first-order valence-corrected chi connectivity index (χ1v) is 7.26. The Bertz CT molecular complexity index is 716. The van der Waals surface area contributed by atoms with E-state index in [1.54, 1.807) is 49.4 Å². The number of hydrogen-bond acceptors (Lipinski definition) is 5. The summed E-state index contributed by atoms with van der Waals surface area (Å²) in [6.07, 6.45) is -0.733. The molecule has 0 aliphatic heterocycles. The Hall–Kier alpha value is -3.06. The molecule has 0 aliphatic rings. The topological polar surface area (TPSA) is 103 Å². The van der Waals surface area contributed by atoms with E-state index in [9.17, 15) is 9.59 Å². The highest BCUT2D eigenvalue weighted by Gasteiger charge is 2.14. The number of benzene rings is 2. The maximum Gasteiger partial charge on any atom is 0.274 e. The summed E-state index contributed by atoms with van der Waals surface area (Å²) >= 11 is 0. The lowest BCUT2D eigenvalue weighted by atomic mass is 10.2. The summed E-state index contributed by atoms with van der Waals surface area (Å²) in [4.78, 5) is 23.6. The van der Waals surface area contributed by atoms with Crippen molar-refractivity contribution in [1.29, 1.82) is 0 Å². The number of hydrazine groups is 1. The van der Waals surface area contributed by atoms with Crippen LogP contribution >= 0.6 is 0 Å². The van der Waals surface area contributed by atoms with Gasteiger partial charge in [-0.25, -0.2) is 5.84 Å². The molecule has 0 unspecified atom stereocenters. The van der Waals surface area contributed by atoms with Gasteiger partial charge in [0.25, 0.3) is 11.8 Å². The van der Waals surface area contributed by atoms with Crippen molar-refractivity contribution in [1.82, 2.24) is 5.43 Å². The lowest BCUT2D eigenvalue weighted by molar-refractivity contribution is -0.127. The fourth-order valence-electron chi connectivity index (χ4n) is 2.00. The second kappa shape index (κ2) is 7.98. The molecule has 0 bridgehead atoms. The van der Waals surface area contributed by atoms with Crippen LogP contribution in [-0.2, 0) is 4.79 Å². The van der Waals surface area contributed by atoms with E-state index in [4.69, 9.17) is 15.3 Å². The Morgan fingerprint density at radius 1 is 1.08 bits per heavy atom. The van der Waals surface area contributed by atoms with Gasteiger partial charge in [0, 0.05) is 5.56 Å². The van der Waals surface area contributed by atoms with Crippen LogP contribution in [0.1, 0.15) is 17.3 Å². The highest BCUT2D eigenvalue weighted by molar-refractivity contribution is 6.05. The van der Waals surface area contributed by atoms with Crippen molar-refractivity contribution in [2.75, 3.05) is 12.4 Å². The van der Waals surface area contributed by atoms with Gasteiger partial charge in [-0.3, -0.25) is 15.0 Å². The van der Waals surface area contributed by atoms with E-state index in [1.165, 1.54) is 7.11 Å². The molecule has 7 nitrogen and oxygen atoms in total. The van der Waals surface area contributed by atoms with E-state index in [0.29, 0.717) is 22.7 Å². The summed E-state index contributed by atoms with van der Waals surface area (Å²) in [5.41, 5.74) is 3.04. The number of methoxy groups -OCH3 is 1. The van der Waals surface area contributed by atoms with Gasteiger partial charge in [0.2, 0.25) is 0 Å². The van der Waals surface area contributed by atoms with Gasteiger partial charge in [0.05, 0.1) is 12.8 Å². The van der Waals surface area contributed by atoms with Crippen LogP contribution in [0.25, 0.3) is 0 Å².